The quantitative estimate of drug-likeness (QED) is 0.526. The zero-order valence-corrected chi connectivity index (χ0v) is 12.2. The maximum absolute atomic E-state index is 10.9. The Bertz CT molecular complexity index is 407. The third kappa shape index (κ3) is 5.98. The zero-order chi connectivity index (χ0) is 14.1. The van der Waals surface area contributed by atoms with Crippen molar-refractivity contribution in [3.8, 4) is 5.40 Å². The number of nitriles is 1. The molecule has 0 bridgehead atoms. The molecule has 0 spiro atoms. The number of hydrogen-bond acceptors (Lipinski definition) is 3. The van der Waals surface area contributed by atoms with Crippen LogP contribution in [0.5, 0.6) is 0 Å². The molecular formula is C15H21NO2S. The molecule has 4 heteroatoms. The summed E-state index contributed by atoms with van der Waals surface area (Å²) >= 11 is 1.25. The molecular weight excluding hydrogens is 258 g/mol. The minimum Gasteiger partial charge on any atom is -0.481 e. The van der Waals surface area contributed by atoms with E-state index >= 15 is 0 Å². The van der Waals surface area contributed by atoms with Gasteiger partial charge in [0.15, 0.2) is 0 Å². The van der Waals surface area contributed by atoms with Crippen molar-refractivity contribution in [2.24, 2.45) is 5.92 Å². The van der Waals surface area contributed by atoms with Crippen LogP contribution in [0.1, 0.15) is 51.9 Å². The van der Waals surface area contributed by atoms with Crippen LogP contribution in [0.3, 0.4) is 0 Å². The lowest BCUT2D eigenvalue weighted by Crippen LogP contribution is -2.12. The van der Waals surface area contributed by atoms with Gasteiger partial charge in [0, 0.05) is 4.91 Å². The Kier molecular flexibility index (Phi) is 7.35. The Morgan fingerprint density at radius 1 is 1.47 bits per heavy atom. The highest BCUT2D eigenvalue weighted by Gasteiger charge is 2.14. The molecule has 1 N–H and O–H groups in total. The third-order valence-electron chi connectivity index (χ3n) is 3.52. The number of aliphatic carboxylic acids is 1. The molecule has 0 amide bonds. The molecule has 1 atom stereocenters. The zero-order valence-electron chi connectivity index (χ0n) is 11.4. The van der Waals surface area contributed by atoms with Crippen molar-refractivity contribution < 1.29 is 9.90 Å². The maximum atomic E-state index is 10.9. The first-order chi connectivity index (χ1) is 9.17. The first-order valence-corrected chi connectivity index (χ1v) is 7.66. The normalized spacial score (nSPS) is 16.2. The third-order valence-corrected chi connectivity index (χ3v) is 4.21. The number of rotatable bonds is 8. The lowest BCUT2D eigenvalue weighted by molar-refractivity contribution is -0.142. The van der Waals surface area contributed by atoms with E-state index < -0.39 is 5.97 Å². The molecule has 0 heterocycles. The van der Waals surface area contributed by atoms with Gasteiger partial charge in [-0.2, -0.15) is 5.26 Å². The second-order valence-corrected chi connectivity index (χ2v) is 5.75. The molecule has 0 saturated carbocycles. The highest BCUT2D eigenvalue weighted by molar-refractivity contribution is 8.07. The topological polar surface area (TPSA) is 61.1 Å². The van der Waals surface area contributed by atoms with E-state index in [1.54, 1.807) is 0 Å². The lowest BCUT2D eigenvalue weighted by atomic mass is 9.95. The van der Waals surface area contributed by atoms with Gasteiger partial charge in [-0.3, -0.25) is 4.79 Å². The van der Waals surface area contributed by atoms with Crippen LogP contribution in [0, 0.1) is 16.6 Å². The van der Waals surface area contributed by atoms with Gasteiger partial charge in [-0.05, 0) is 50.3 Å². The van der Waals surface area contributed by atoms with Crippen molar-refractivity contribution in [3.05, 3.63) is 22.6 Å². The largest absolute Gasteiger partial charge is 0.481 e. The molecule has 1 aliphatic carbocycles. The Morgan fingerprint density at radius 3 is 2.79 bits per heavy atom. The average Bonchev–Trinajstić information content (AvgIpc) is 2.40. The van der Waals surface area contributed by atoms with E-state index in [9.17, 15) is 4.79 Å². The highest BCUT2D eigenvalue weighted by atomic mass is 32.2. The number of allylic oxidation sites excluding steroid dienone is 4. The molecule has 104 valence electrons. The summed E-state index contributed by atoms with van der Waals surface area (Å²) in [7, 11) is 0. The molecule has 1 aliphatic rings. The predicted octanol–water partition coefficient (Wildman–Crippen LogP) is 4.48. The number of hydrogen-bond donors (Lipinski definition) is 1. The monoisotopic (exact) mass is 279 g/mol. The standard InChI is InChI=1S/C15H21NO2S/c1-2-13(15(17)18)6-4-3-5-12-7-9-14(10-8-12)19-11-16/h7,9,13H,2-6,8,10H2,1H3,(H,17,18). The number of nitrogens with zero attached hydrogens (tertiary/aromatic N) is 1. The number of carboxylic acids is 1. The van der Waals surface area contributed by atoms with Crippen molar-refractivity contribution in [2.45, 2.75) is 51.9 Å². The van der Waals surface area contributed by atoms with E-state index in [0.29, 0.717) is 0 Å². The van der Waals surface area contributed by atoms with Crippen LogP contribution in [-0.2, 0) is 4.79 Å². The number of carbonyl (C=O) groups is 1. The number of unbranched alkanes of at least 4 members (excludes halogenated alkanes) is 1. The van der Waals surface area contributed by atoms with Gasteiger partial charge in [0.2, 0.25) is 0 Å². The van der Waals surface area contributed by atoms with Crippen LogP contribution in [-0.4, -0.2) is 11.1 Å². The van der Waals surface area contributed by atoms with Crippen LogP contribution in [0.4, 0.5) is 0 Å². The van der Waals surface area contributed by atoms with Crippen molar-refractivity contribution in [2.75, 3.05) is 0 Å². The fourth-order valence-corrected chi connectivity index (χ4v) is 2.72. The predicted molar refractivity (Wildman–Crippen MR) is 78.5 cm³/mol. The number of carboxylic acid groups (broad SMARTS) is 1. The number of thiocyanates is 1. The van der Waals surface area contributed by atoms with Gasteiger partial charge in [-0.25, -0.2) is 0 Å². The second kappa shape index (κ2) is 8.82. The maximum Gasteiger partial charge on any atom is 0.306 e. The smallest absolute Gasteiger partial charge is 0.306 e. The van der Waals surface area contributed by atoms with Crippen LogP contribution in [0.2, 0.25) is 0 Å². The summed E-state index contributed by atoms with van der Waals surface area (Å²) in [4.78, 5) is 12.0. The molecule has 19 heavy (non-hydrogen) atoms. The first-order valence-electron chi connectivity index (χ1n) is 6.84. The van der Waals surface area contributed by atoms with Gasteiger partial charge >= 0.3 is 5.97 Å². The lowest BCUT2D eigenvalue weighted by Gasteiger charge is -2.13. The van der Waals surface area contributed by atoms with Gasteiger partial charge in [0.05, 0.1) is 5.92 Å². The summed E-state index contributed by atoms with van der Waals surface area (Å²) in [6.45, 7) is 1.93. The first kappa shape index (κ1) is 15.8. The van der Waals surface area contributed by atoms with Gasteiger partial charge in [0.1, 0.15) is 5.40 Å². The molecule has 0 aromatic rings. The highest BCUT2D eigenvalue weighted by Crippen LogP contribution is 2.29. The van der Waals surface area contributed by atoms with Crippen molar-refractivity contribution in [3.63, 3.8) is 0 Å². The van der Waals surface area contributed by atoms with Gasteiger partial charge in [-0.15, -0.1) is 0 Å². The van der Waals surface area contributed by atoms with E-state index in [0.717, 1.165) is 49.9 Å². The fraction of sp³-hybridized carbons (Fsp3) is 0.600. The molecule has 0 fully saturated rings. The summed E-state index contributed by atoms with van der Waals surface area (Å²) in [6.07, 6.45) is 10.8. The summed E-state index contributed by atoms with van der Waals surface area (Å²) in [5.41, 5.74) is 1.42. The summed E-state index contributed by atoms with van der Waals surface area (Å²) in [5.74, 6) is -0.848. The Morgan fingerprint density at radius 2 is 2.26 bits per heavy atom. The van der Waals surface area contributed by atoms with Crippen molar-refractivity contribution in [1.82, 2.24) is 0 Å². The Hall–Kier alpha value is -1.21. The van der Waals surface area contributed by atoms with Gasteiger partial charge in [-0.1, -0.05) is 31.1 Å². The molecule has 0 aromatic carbocycles. The van der Waals surface area contributed by atoms with Crippen molar-refractivity contribution in [1.29, 1.82) is 5.26 Å². The Labute approximate surface area is 119 Å². The molecule has 1 unspecified atom stereocenters. The molecule has 3 nitrogen and oxygen atoms in total. The number of thioether (sulfide) groups is 1. The minimum absolute atomic E-state index is 0.182. The fourth-order valence-electron chi connectivity index (χ4n) is 2.26. The van der Waals surface area contributed by atoms with Gasteiger partial charge < -0.3 is 5.11 Å². The SMILES string of the molecule is CCC(CCCCC1=CC=C(SC#N)CC1)C(=O)O. The molecule has 0 radical (unpaired) electrons. The van der Waals surface area contributed by atoms with E-state index in [2.05, 4.69) is 11.5 Å². The molecule has 0 aliphatic heterocycles. The average molecular weight is 279 g/mol. The van der Waals surface area contributed by atoms with Gasteiger partial charge in [0.25, 0.3) is 0 Å². The van der Waals surface area contributed by atoms with E-state index in [1.807, 2.05) is 13.0 Å². The summed E-state index contributed by atoms with van der Waals surface area (Å²) in [6, 6.07) is 0. The van der Waals surface area contributed by atoms with Crippen LogP contribution in [0.15, 0.2) is 22.6 Å². The van der Waals surface area contributed by atoms with Crippen LogP contribution >= 0.6 is 11.8 Å². The van der Waals surface area contributed by atoms with Crippen LogP contribution < -0.4 is 0 Å². The van der Waals surface area contributed by atoms with Crippen LogP contribution in [0.25, 0.3) is 0 Å². The van der Waals surface area contributed by atoms with E-state index in [-0.39, 0.29) is 5.92 Å². The van der Waals surface area contributed by atoms with E-state index in [4.69, 9.17) is 10.4 Å². The molecule has 0 aromatic heterocycles. The molecule has 1 rings (SSSR count). The molecule has 0 saturated heterocycles. The van der Waals surface area contributed by atoms with E-state index in [1.165, 1.54) is 17.3 Å². The second-order valence-electron chi connectivity index (χ2n) is 4.84. The summed E-state index contributed by atoms with van der Waals surface area (Å²) < 4.78 is 0. The minimum atomic E-state index is -0.666. The summed E-state index contributed by atoms with van der Waals surface area (Å²) in [5, 5.41) is 19.6. The van der Waals surface area contributed by atoms with Crippen molar-refractivity contribution >= 4 is 17.7 Å². The Balaban J connectivity index is 2.24.